The molecule has 0 aromatic heterocycles. The van der Waals surface area contributed by atoms with Crippen LogP contribution in [0.4, 0.5) is 0 Å². The van der Waals surface area contributed by atoms with Crippen molar-refractivity contribution in [2.24, 2.45) is 4.99 Å². The van der Waals surface area contributed by atoms with Crippen LogP contribution in [-0.4, -0.2) is 39.3 Å². The lowest BCUT2D eigenvalue weighted by Crippen LogP contribution is -2.40. The molecule has 0 radical (unpaired) electrons. The lowest BCUT2D eigenvalue weighted by molar-refractivity contribution is 0.203. The number of aliphatic imine (C=N–C) groups is 1. The third kappa shape index (κ3) is 6.48. The summed E-state index contributed by atoms with van der Waals surface area (Å²) in [7, 11) is 1.70. The second-order valence-electron chi connectivity index (χ2n) is 5.51. The van der Waals surface area contributed by atoms with Crippen LogP contribution in [0, 0.1) is 0 Å². The fourth-order valence-electron chi connectivity index (χ4n) is 1.88. The summed E-state index contributed by atoms with van der Waals surface area (Å²) >= 11 is 3.47. The average Bonchev–Trinajstić information content (AvgIpc) is 2.45. The molecule has 0 bridgehead atoms. The molecule has 0 fully saturated rings. The highest BCUT2D eigenvalue weighted by Gasteiger charge is 2.20. The van der Waals surface area contributed by atoms with Crippen molar-refractivity contribution in [2.75, 3.05) is 33.4 Å². The molecule has 118 valence electrons. The quantitative estimate of drug-likeness (QED) is 0.449. The van der Waals surface area contributed by atoms with Crippen molar-refractivity contribution in [1.82, 2.24) is 10.6 Å². The van der Waals surface area contributed by atoms with Gasteiger partial charge in [0.15, 0.2) is 5.96 Å². The van der Waals surface area contributed by atoms with E-state index in [4.69, 9.17) is 4.74 Å². The van der Waals surface area contributed by atoms with E-state index in [1.54, 1.807) is 7.11 Å². The molecule has 0 unspecified atom stereocenters. The number of rotatable bonds is 7. The van der Waals surface area contributed by atoms with Gasteiger partial charge in [-0.1, -0.05) is 41.9 Å². The van der Waals surface area contributed by atoms with E-state index in [1.165, 1.54) is 5.56 Å². The number of ether oxygens (including phenoxy) is 1. The smallest absolute Gasteiger partial charge is 0.191 e. The molecule has 4 nitrogen and oxygen atoms in total. The number of halogens is 1. The first kappa shape index (κ1) is 18.0. The first-order valence-electron chi connectivity index (χ1n) is 7.26. The van der Waals surface area contributed by atoms with Crippen molar-refractivity contribution in [3.8, 4) is 0 Å². The van der Waals surface area contributed by atoms with Gasteiger partial charge in [-0.15, -0.1) is 0 Å². The van der Waals surface area contributed by atoms with Crippen LogP contribution in [0.3, 0.4) is 0 Å². The Morgan fingerprint density at radius 1 is 1.24 bits per heavy atom. The second kappa shape index (κ2) is 9.05. The van der Waals surface area contributed by atoms with Crippen molar-refractivity contribution in [3.05, 3.63) is 34.3 Å². The zero-order valence-electron chi connectivity index (χ0n) is 13.4. The molecule has 0 saturated heterocycles. The third-order valence-corrected chi connectivity index (χ3v) is 3.73. The van der Waals surface area contributed by atoms with Crippen LogP contribution < -0.4 is 10.6 Å². The molecule has 5 heteroatoms. The molecule has 0 spiro atoms. The zero-order chi connectivity index (χ0) is 15.7. The fourth-order valence-corrected chi connectivity index (χ4v) is 2.15. The van der Waals surface area contributed by atoms with Gasteiger partial charge >= 0.3 is 0 Å². The largest absolute Gasteiger partial charge is 0.383 e. The summed E-state index contributed by atoms with van der Waals surface area (Å²) in [5.74, 6) is 0.833. The van der Waals surface area contributed by atoms with Gasteiger partial charge in [-0.3, -0.25) is 4.99 Å². The summed E-state index contributed by atoms with van der Waals surface area (Å²) in [4.78, 5) is 4.68. The standard InChI is InChI=1S/C16H26BrN3O/c1-5-18-15(19-10-11-21-4)20-12-16(2,3)13-6-8-14(17)9-7-13/h6-9H,5,10-12H2,1-4H3,(H2,18,19,20). The average molecular weight is 356 g/mol. The van der Waals surface area contributed by atoms with E-state index in [0.29, 0.717) is 6.61 Å². The van der Waals surface area contributed by atoms with Crippen LogP contribution in [0.15, 0.2) is 33.7 Å². The Labute approximate surface area is 136 Å². The van der Waals surface area contributed by atoms with Crippen molar-refractivity contribution in [2.45, 2.75) is 26.2 Å². The molecule has 1 rings (SSSR count). The molecular formula is C16H26BrN3O. The van der Waals surface area contributed by atoms with Gasteiger partial charge in [0.25, 0.3) is 0 Å². The van der Waals surface area contributed by atoms with Crippen molar-refractivity contribution < 1.29 is 4.74 Å². The van der Waals surface area contributed by atoms with Gasteiger partial charge in [-0.05, 0) is 24.6 Å². The van der Waals surface area contributed by atoms with E-state index in [-0.39, 0.29) is 5.41 Å². The van der Waals surface area contributed by atoms with Crippen molar-refractivity contribution in [3.63, 3.8) is 0 Å². The number of benzene rings is 1. The highest BCUT2D eigenvalue weighted by atomic mass is 79.9. The van der Waals surface area contributed by atoms with Gasteiger partial charge in [0, 0.05) is 30.1 Å². The Kier molecular flexibility index (Phi) is 7.75. The van der Waals surface area contributed by atoms with E-state index in [9.17, 15) is 0 Å². The predicted octanol–water partition coefficient (Wildman–Crippen LogP) is 2.93. The van der Waals surface area contributed by atoms with Crippen LogP contribution in [-0.2, 0) is 10.2 Å². The molecule has 0 amide bonds. The monoisotopic (exact) mass is 355 g/mol. The van der Waals surface area contributed by atoms with E-state index in [0.717, 1.165) is 30.1 Å². The summed E-state index contributed by atoms with van der Waals surface area (Å²) in [6, 6.07) is 8.43. The number of methoxy groups -OCH3 is 1. The van der Waals surface area contributed by atoms with Crippen molar-refractivity contribution in [1.29, 1.82) is 0 Å². The topological polar surface area (TPSA) is 45.7 Å². The maximum Gasteiger partial charge on any atom is 0.191 e. The zero-order valence-corrected chi connectivity index (χ0v) is 15.0. The van der Waals surface area contributed by atoms with Gasteiger partial charge in [0.1, 0.15) is 0 Å². The molecule has 0 aliphatic heterocycles. The molecule has 0 aliphatic rings. The normalized spacial score (nSPS) is 12.3. The van der Waals surface area contributed by atoms with E-state index < -0.39 is 0 Å². The fraction of sp³-hybridized carbons (Fsp3) is 0.562. The van der Waals surface area contributed by atoms with Crippen molar-refractivity contribution >= 4 is 21.9 Å². The van der Waals surface area contributed by atoms with Crippen LogP contribution in [0.25, 0.3) is 0 Å². The number of hydrogen-bond acceptors (Lipinski definition) is 2. The van der Waals surface area contributed by atoms with E-state index >= 15 is 0 Å². The van der Waals surface area contributed by atoms with Gasteiger partial charge in [0.05, 0.1) is 13.2 Å². The molecule has 0 heterocycles. The van der Waals surface area contributed by atoms with Crippen LogP contribution in [0.2, 0.25) is 0 Å². The summed E-state index contributed by atoms with van der Waals surface area (Å²) in [5.41, 5.74) is 1.27. The molecule has 1 aromatic rings. The maximum absolute atomic E-state index is 5.05. The Morgan fingerprint density at radius 2 is 1.90 bits per heavy atom. The summed E-state index contributed by atoms with van der Waals surface area (Å²) in [6.45, 7) is 9.46. The Morgan fingerprint density at radius 3 is 2.48 bits per heavy atom. The number of nitrogens with one attached hydrogen (secondary N) is 2. The highest BCUT2D eigenvalue weighted by Crippen LogP contribution is 2.25. The Bertz CT molecular complexity index is 443. The SMILES string of the molecule is CCNC(=NCC(C)(C)c1ccc(Br)cc1)NCCOC. The first-order chi connectivity index (χ1) is 9.99. The number of nitrogens with zero attached hydrogens (tertiary/aromatic N) is 1. The molecular weight excluding hydrogens is 330 g/mol. The lowest BCUT2D eigenvalue weighted by atomic mass is 9.85. The highest BCUT2D eigenvalue weighted by molar-refractivity contribution is 9.10. The molecule has 21 heavy (non-hydrogen) atoms. The van der Waals surface area contributed by atoms with Gasteiger partial charge in [0.2, 0.25) is 0 Å². The summed E-state index contributed by atoms with van der Waals surface area (Å²) < 4.78 is 6.14. The summed E-state index contributed by atoms with van der Waals surface area (Å²) in [6.07, 6.45) is 0. The predicted molar refractivity (Wildman–Crippen MR) is 93.0 cm³/mol. The number of hydrogen-bond donors (Lipinski definition) is 2. The van der Waals surface area contributed by atoms with E-state index in [1.807, 2.05) is 0 Å². The minimum Gasteiger partial charge on any atom is -0.383 e. The summed E-state index contributed by atoms with van der Waals surface area (Å²) in [5, 5.41) is 6.51. The van der Waals surface area contributed by atoms with Gasteiger partial charge < -0.3 is 15.4 Å². The molecule has 1 aromatic carbocycles. The second-order valence-corrected chi connectivity index (χ2v) is 6.42. The third-order valence-electron chi connectivity index (χ3n) is 3.20. The van der Waals surface area contributed by atoms with Gasteiger partial charge in [-0.2, -0.15) is 0 Å². The molecule has 0 saturated carbocycles. The van der Waals surface area contributed by atoms with Gasteiger partial charge in [-0.25, -0.2) is 0 Å². The Hall–Kier alpha value is -1.07. The van der Waals surface area contributed by atoms with Crippen LogP contribution >= 0.6 is 15.9 Å². The molecule has 0 aliphatic carbocycles. The first-order valence-corrected chi connectivity index (χ1v) is 8.06. The Balaban J connectivity index is 2.69. The minimum atomic E-state index is -0.00962. The molecule has 0 atom stereocenters. The molecule has 2 N–H and O–H groups in total. The lowest BCUT2D eigenvalue weighted by Gasteiger charge is -2.24. The number of guanidine groups is 1. The van der Waals surface area contributed by atoms with E-state index in [2.05, 4.69) is 76.6 Å². The van der Waals surface area contributed by atoms with Crippen LogP contribution in [0.1, 0.15) is 26.3 Å². The minimum absolute atomic E-state index is 0.00962. The maximum atomic E-state index is 5.05. The van der Waals surface area contributed by atoms with Crippen LogP contribution in [0.5, 0.6) is 0 Å².